The number of carbonyl (C=O) groups is 1. The van der Waals surface area contributed by atoms with E-state index in [0.29, 0.717) is 18.9 Å². The van der Waals surface area contributed by atoms with E-state index >= 15 is 0 Å². The van der Waals surface area contributed by atoms with Gasteiger partial charge in [0, 0.05) is 12.5 Å². The molecule has 1 aliphatic rings. The maximum absolute atomic E-state index is 12.3. The summed E-state index contributed by atoms with van der Waals surface area (Å²) in [5, 5.41) is 3.16. The van der Waals surface area contributed by atoms with Crippen molar-refractivity contribution in [3.63, 3.8) is 0 Å². The predicted molar refractivity (Wildman–Crippen MR) is 91.6 cm³/mol. The third-order valence-electron chi connectivity index (χ3n) is 4.47. The maximum atomic E-state index is 12.3. The molecule has 3 unspecified atom stereocenters. The second kappa shape index (κ2) is 9.01. The van der Waals surface area contributed by atoms with Crippen molar-refractivity contribution in [1.29, 1.82) is 0 Å². The van der Waals surface area contributed by atoms with E-state index in [1.165, 1.54) is 0 Å². The van der Waals surface area contributed by atoms with E-state index in [1.807, 2.05) is 24.3 Å². The number of halogens is 1. The molecule has 0 spiro atoms. The van der Waals surface area contributed by atoms with Gasteiger partial charge in [-0.25, -0.2) is 0 Å². The van der Waals surface area contributed by atoms with Gasteiger partial charge in [0.25, 0.3) is 0 Å². The molecule has 5 heteroatoms. The fourth-order valence-electron chi connectivity index (χ4n) is 3.24. The minimum Gasteiger partial charge on any atom is -0.496 e. The van der Waals surface area contributed by atoms with Crippen molar-refractivity contribution in [2.24, 2.45) is 11.7 Å². The molecule has 1 aromatic carbocycles. The molecule has 3 N–H and O–H groups in total. The molecule has 1 aromatic rings. The quantitative estimate of drug-likeness (QED) is 0.845. The van der Waals surface area contributed by atoms with Gasteiger partial charge in [-0.3, -0.25) is 4.79 Å². The van der Waals surface area contributed by atoms with Crippen LogP contribution in [-0.2, 0) is 4.79 Å². The molecular formula is C17H27ClN2O2. The Balaban J connectivity index is 0.00000242. The van der Waals surface area contributed by atoms with Crippen LogP contribution < -0.4 is 15.8 Å². The first-order valence-corrected chi connectivity index (χ1v) is 7.78. The summed E-state index contributed by atoms with van der Waals surface area (Å²) in [7, 11) is 1.66. The lowest BCUT2D eigenvalue weighted by Gasteiger charge is -2.21. The molecule has 0 bridgehead atoms. The lowest BCUT2D eigenvalue weighted by Crippen LogP contribution is -2.40. The minimum atomic E-state index is 0. The van der Waals surface area contributed by atoms with E-state index in [-0.39, 0.29) is 30.3 Å². The number of hydrogen-bond donors (Lipinski definition) is 2. The monoisotopic (exact) mass is 326 g/mol. The first kappa shape index (κ1) is 18.8. The summed E-state index contributed by atoms with van der Waals surface area (Å²) < 4.78 is 5.37. The molecule has 1 aliphatic carbocycles. The van der Waals surface area contributed by atoms with Crippen molar-refractivity contribution in [3.8, 4) is 5.75 Å². The Morgan fingerprint density at radius 1 is 1.41 bits per heavy atom. The molecule has 1 saturated carbocycles. The molecule has 0 radical (unpaired) electrons. The number of para-hydroxylation sites is 1. The predicted octanol–water partition coefficient (Wildman–Crippen LogP) is 2.85. The van der Waals surface area contributed by atoms with Crippen LogP contribution >= 0.6 is 12.4 Å². The highest BCUT2D eigenvalue weighted by molar-refractivity contribution is 5.85. The Bertz CT molecular complexity index is 481. The number of ether oxygens (including phenoxy) is 1. The molecule has 0 aromatic heterocycles. The summed E-state index contributed by atoms with van der Waals surface area (Å²) in [5.74, 6) is 1.53. The summed E-state index contributed by atoms with van der Waals surface area (Å²) in [6, 6.07) is 8.14. The van der Waals surface area contributed by atoms with Crippen molar-refractivity contribution in [1.82, 2.24) is 5.32 Å². The topological polar surface area (TPSA) is 64.3 Å². The molecule has 124 valence electrons. The number of carbonyl (C=O) groups excluding carboxylic acids is 1. The average Bonchev–Trinajstić information content (AvgIpc) is 2.94. The summed E-state index contributed by atoms with van der Waals surface area (Å²) in [6.07, 6.45) is 3.82. The molecule has 1 fully saturated rings. The highest BCUT2D eigenvalue weighted by atomic mass is 35.5. The smallest absolute Gasteiger partial charge is 0.220 e. The van der Waals surface area contributed by atoms with Gasteiger partial charge in [0.1, 0.15) is 5.75 Å². The average molecular weight is 327 g/mol. The number of amides is 1. The zero-order valence-corrected chi connectivity index (χ0v) is 14.2. The van der Waals surface area contributed by atoms with Gasteiger partial charge in [0.2, 0.25) is 5.91 Å². The van der Waals surface area contributed by atoms with E-state index in [1.54, 1.807) is 7.11 Å². The van der Waals surface area contributed by atoms with Crippen LogP contribution in [0.2, 0.25) is 0 Å². The molecular weight excluding hydrogens is 300 g/mol. The van der Waals surface area contributed by atoms with Crippen LogP contribution in [0.4, 0.5) is 0 Å². The molecule has 2 rings (SSSR count). The number of nitrogens with two attached hydrogens (primary N) is 1. The van der Waals surface area contributed by atoms with E-state index in [4.69, 9.17) is 10.5 Å². The Morgan fingerprint density at radius 2 is 2.14 bits per heavy atom. The Hall–Kier alpha value is -1.26. The number of benzene rings is 1. The van der Waals surface area contributed by atoms with Crippen molar-refractivity contribution < 1.29 is 9.53 Å². The molecule has 3 atom stereocenters. The fraction of sp³-hybridized carbons (Fsp3) is 0.588. The molecule has 0 saturated heterocycles. The largest absolute Gasteiger partial charge is 0.496 e. The van der Waals surface area contributed by atoms with Crippen LogP contribution in [0.25, 0.3) is 0 Å². The second-order valence-corrected chi connectivity index (χ2v) is 5.95. The first-order valence-electron chi connectivity index (χ1n) is 7.78. The zero-order chi connectivity index (χ0) is 15.2. The number of methoxy groups -OCH3 is 1. The van der Waals surface area contributed by atoms with Crippen molar-refractivity contribution in [2.75, 3.05) is 13.7 Å². The van der Waals surface area contributed by atoms with Crippen LogP contribution in [0, 0.1) is 5.92 Å². The number of hydrogen-bond acceptors (Lipinski definition) is 3. The SMILES string of the molecule is COc1ccccc1C(C)CC(=O)NC1CCCC1CN.Cl. The van der Waals surface area contributed by atoms with Gasteiger partial charge in [-0.2, -0.15) is 0 Å². The van der Waals surface area contributed by atoms with Crippen molar-refractivity contribution in [2.45, 2.75) is 44.6 Å². The highest BCUT2D eigenvalue weighted by Crippen LogP contribution is 2.29. The molecule has 0 heterocycles. The molecule has 4 nitrogen and oxygen atoms in total. The van der Waals surface area contributed by atoms with Gasteiger partial charge in [0.15, 0.2) is 0 Å². The molecule has 22 heavy (non-hydrogen) atoms. The third-order valence-corrected chi connectivity index (χ3v) is 4.47. The van der Waals surface area contributed by atoms with Gasteiger partial charge in [0.05, 0.1) is 7.11 Å². The highest BCUT2D eigenvalue weighted by Gasteiger charge is 2.27. The zero-order valence-electron chi connectivity index (χ0n) is 13.4. The summed E-state index contributed by atoms with van der Waals surface area (Å²) in [6.45, 7) is 2.72. The third kappa shape index (κ3) is 4.62. The summed E-state index contributed by atoms with van der Waals surface area (Å²) in [4.78, 5) is 12.3. The van der Waals surface area contributed by atoms with Gasteiger partial charge < -0.3 is 15.8 Å². The summed E-state index contributed by atoms with van der Waals surface area (Å²) >= 11 is 0. The van der Waals surface area contributed by atoms with Gasteiger partial charge >= 0.3 is 0 Å². The van der Waals surface area contributed by atoms with Crippen LogP contribution in [0.5, 0.6) is 5.75 Å². The maximum Gasteiger partial charge on any atom is 0.220 e. The molecule has 0 aliphatic heterocycles. The van der Waals surface area contributed by atoms with Crippen LogP contribution in [-0.4, -0.2) is 25.6 Å². The lowest BCUT2D eigenvalue weighted by atomic mass is 9.96. The fourth-order valence-corrected chi connectivity index (χ4v) is 3.24. The van der Waals surface area contributed by atoms with E-state index in [0.717, 1.165) is 30.6 Å². The first-order chi connectivity index (χ1) is 10.2. The Morgan fingerprint density at radius 3 is 2.82 bits per heavy atom. The van der Waals surface area contributed by atoms with Crippen LogP contribution in [0.15, 0.2) is 24.3 Å². The van der Waals surface area contributed by atoms with Gasteiger partial charge in [-0.05, 0) is 42.9 Å². The van der Waals surface area contributed by atoms with Crippen molar-refractivity contribution in [3.05, 3.63) is 29.8 Å². The van der Waals surface area contributed by atoms with Gasteiger partial charge in [-0.1, -0.05) is 31.5 Å². The van der Waals surface area contributed by atoms with Crippen LogP contribution in [0.1, 0.15) is 44.1 Å². The van der Waals surface area contributed by atoms with Gasteiger partial charge in [-0.15, -0.1) is 12.4 Å². The Kier molecular flexibility index (Phi) is 7.69. The summed E-state index contributed by atoms with van der Waals surface area (Å²) in [5.41, 5.74) is 6.84. The Labute approximate surface area is 139 Å². The van der Waals surface area contributed by atoms with E-state index < -0.39 is 0 Å². The molecule has 1 amide bonds. The minimum absolute atomic E-state index is 0. The standard InChI is InChI=1S/C17H26N2O2.ClH/c1-12(14-7-3-4-9-16(14)21-2)10-17(20)19-15-8-5-6-13(15)11-18;/h3-4,7,9,12-13,15H,5-6,8,10-11,18H2,1-2H3,(H,19,20);1H. The van der Waals surface area contributed by atoms with Crippen molar-refractivity contribution >= 4 is 18.3 Å². The lowest BCUT2D eigenvalue weighted by molar-refractivity contribution is -0.122. The normalized spacial score (nSPS) is 21.8. The number of rotatable bonds is 6. The second-order valence-electron chi connectivity index (χ2n) is 5.95. The van der Waals surface area contributed by atoms with Crippen LogP contribution in [0.3, 0.4) is 0 Å². The van der Waals surface area contributed by atoms with E-state index in [9.17, 15) is 4.79 Å². The number of nitrogens with one attached hydrogen (secondary N) is 1. The van der Waals surface area contributed by atoms with E-state index in [2.05, 4.69) is 12.2 Å².